The van der Waals surface area contributed by atoms with Gasteiger partial charge in [0.05, 0.1) is 18.5 Å². The van der Waals surface area contributed by atoms with Crippen LogP contribution < -0.4 is 14.4 Å². The molecule has 6 heteroatoms. The van der Waals surface area contributed by atoms with Gasteiger partial charge < -0.3 is 14.4 Å². The molecule has 1 aliphatic heterocycles. The zero-order valence-corrected chi connectivity index (χ0v) is 16.5. The standard InChI is InChI=1S/C22H25N3O3/c1-16-5-8-19(9-6-16)25(12-4-11-23)22(26)17(2)24(3)14-18-7-10-20-21(13-18)28-15-27-20/h5-10,13,17H,4,12,14-15H2,1-3H3. The SMILES string of the molecule is Cc1ccc(N(CCC#N)C(=O)C(C)N(C)Cc2ccc3c(c2)OCO3)cc1. The molecule has 0 saturated carbocycles. The second-order valence-electron chi connectivity index (χ2n) is 7.01. The average molecular weight is 379 g/mol. The largest absolute Gasteiger partial charge is 0.454 e. The van der Waals surface area contributed by atoms with Crippen molar-refractivity contribution in [1.29, 1.82) is 5.26 Å². The van der Waals surface area contributed by atoms with Crippen molar-refractivity contribution in [3.63, 3.8) is 0 Å². The lowest BCUT2D eigenvalue weighted by molar-refractivity contribution is -0.123. The van der Waals surface area contributed by atoms with E-state index in [2.05, 4.69) is 6.07 Å². The van der Waals surface area contributed by atoms with Crippen molar-refractivity contribution in [2.24, 2.45) is 0 Å². The number of nitrogens with zero attached hydrogens (tertiary/aromatic N) is 3. The van der Waals surface area contributed by atoms with Gasteiger partial charge in [-0.3, -0.25) is 9.69 Å². The highest BCUT2D eigenvalue weighted by Crippen LogP contribution is 2.32. The van der Waals surface area contributed by atoms with Gasteiger partial charge in [0.1, 0.15) is 0 Å². The van der Waals surface area contributed by atoms with Crippen LogP contribution in [-0.2, 0) is 11.3 Å². The number of benzene rings is 2. The van der Waals surface area contributed by atoms with E-state index >= 15 is 0 Å². The van der Waals surface area contributed by atoms with Gasteiger partial charge >= 0.3 is 0 Å². The molecule has 3 rings (SSSR count). The normalized spacial score (nSPS) is 13.2. The first-order valence-corrected chi connectivity index (χ1v) is 9.33. The van der Waals surface area contributed by atoms with E-state index in [4.69, 9.17) is 14.7 Å². The maximum absolute atomic E-state index is 13.2. The second-order valence-corrected chi connectivity index (χ2v) is 7.01. The third kappa shape index (κ3) is 4.44. The van der Waals surface area contributed by atoms with Gasteiger partial charge in [0.2, 0.25) is 12.7 Å². The summed E-state index contributed by atoms with van der Waals surface area (Å²) in [4.78, 5) is 16.9. The van der Waals surface area contributed by atoms with Crippen LogP contribution >= 0.6 is 0 Å². The van der Waals surface area contributed by atoms with Crippen molar-refractivity contribution in [1.82, 2.24) is 4.90 Å². The van der Waals surface area contributed by atoms with Crippen LogP contribution in [0.2, 0.25) is 0 Å². The van der Waals surface area contributed by atoms with E-state index in [1.807, 2.05) is 68.3 Å². The third-order valence-corrected chi connectivity index (χ3v) is 4.95. The quantitative estimate of drug-likeness (QED) is 0.737. The van der Waals surface area contributed by atoms with Gasteiger partial charge in [-0.2, -0.15) is 5.26 Å². The topological polar surface area (TPSA) is 65.8 Å². The Hall–Kier alpha value is -3.04. The van der Waals surface area contributed by atoms with Crippen molar-refractivity contribution in [2.45, 2.75) is 32.9 Å². The number of hydrogen-bond donors (Lipinski definition) is 0. The minimum Gasteiger partial charge on any atom is -0.454 e. The predicted octanol–water partition coefficient (Wildman–Crippen LogP) is 3.49. The molecule has 0 aromatic heterocycles. The van der Waals surface area contributed by atoms with Gasteiger partial charge in [-0.05, 0) is 50.7 Å². The molecule has 0 fully saturated rings. The molecule has 2 aromatic carbocycles. The second kappa shape index (κ2) is 8.77. The Labute approximate surface area is 165 Å². The molecule has 28 heavy (non-hydrogen) atoms. The number of likely N-dealkylation sites (N-methyl/N-ethyl adjacent to an activating group) is 1. The van der Waals surface area contributed by atoms with Crippen LogP contribution in [0.3, 0.4) is 0 Å². The Kier molecular flexibility index (Phi) is 6.17. The summed E-state index contributed by atoms with van der Waals surface area (Å²) in [6, 6.07) is 15.4. The molecule has 0 radical (unpaired) electrons. The summed E-state index contributed by atoms with van der Waals surface area (Å²) < 4.78 is 10.8. The van der Waals surface area contributed by atoms with Crippen LogP contribution in [0.25, 0.3) is 0 Å². The summed E-state index contributed by atoms with van der Waals surface area (Å²) in [5, 5.41) is 8.99. The van der Waals surface area contributed by atoms with E-state index in [1.165, 1.54) is 0 Å². The zero-order chi connectivity index (χ0) is 20.1. The number of nitriles is 1. The number of ether oxygens (including phenoxy) is 2. The number of fused-ring (bicyclic) bond motifs is 1. The highest BCUT2D eigenvalue weighted by atomic mass is 16.7. The van der Waals surface area contributed by atoms with Gasteiger partial charge in [-0.1, -0.05) is 23.8 Å². The number of carbonyl (C=O) groups excluding carboxylic acids is 1. The van der Waals surface area contributed by atoms with Gasteiger partial charge in [0.25, 0.3) is 0 Å². The lowest BCUT2D eigenvalue weighted by Gasteiger charge is -2.30. The molecular weight excluding hydrogens is 354 g/mol. The maximum atomic E-state index is 13.2. The fourth-order valence-electron chi connectivity index (χ4n) is 3.13. The molecule has 0 aliphatic carbocycles. The number of rotatable bonds is 7. The number of carbonyl (C=O) groups is 1. The van der Waals surface area contributed by atoms with Crippen LogP contribution in [0.5, 0.6) is 11.5 Å². The van der Waals surface area contributed by atoms with Crippen molar-refractivity contribution in [3.8, 4) is 17.6 Å². The van der Waals surface area contributed by atoms with E-state index < -0.39 is 0 Å². The first-order chi connectivity index (χ1) is 13.5. The van der Waals surface area contributed by atoms with Crippen LogP contribution in [0, 0.1) is 18.3 Å². The number of aryl methyl sites for hydroxylation is 1. The minimum absolute atomic E-state index is 0.0256. The molecule has 1 amide bonds. The fourth-order valence-corrected chi connectivity index (χ4v) is 3.13. The molecule has 2 aromatic rings. The van der Waals surface area contributed by atoms with E-state index in [0.29, 0.717) is 13.1 Å². The van der Waals surface area contributed by atoms with Crippen LogP contribution in [-0.4, -0.2) is 37.2 Å². The molecule has 1 aliphatic rings. The van der Waals surface area contributed by atoms with Crippen molar-refractivity contribution >= 4 is 11.6 Å². The van der Waals surface area contributed by atoms with Gasteiger partial charge in [-0.15, -0.1) is 0 Å². The predicted molar refractivity (Wildman–Crippen MR) is 107 cm³/mol. The fraction of sp³-hybridized carbons (Fsp3) is 0.364. The lowest BCUT2D eigenvalue weighted by Crippen LogP contribution is -2.46. The molecule has 1 unspecified atom stereocenters. The van der Waals surface area contributed by atoms with E-state index in [1.54, 1.807) is 4.90 Å². The molecule has 0 saturated heterocycles. The number of amides is 1. The smallest absolute Gasteiger partial charge is 0.244 e. The monoisotopic (exact) mass is 379 g/mol. The van der Waals surface area contributed by atoms with Crippen LogP contribution in [0.15, 0.2) is 42.5 Å². The Morgan fingerprint density at radius 3 is 2.61 bits per heavy atom. The minimum atomic E-state index is -0.342. The maximum Gasteiger partial charge on any atom is 0.244 e. The highest BCUT2D eigenvalue weighted by Gasteiger charge is 2.25. The van der Waals surface area contributed by atoms with Crippen molar-refractivity contribution in [3.05, 3.63) is 53.6 Å². The lowest BCUT2D eigenvalue weighted by atomic mass is 10.1. The Balaban J connectivity index is 1.72. The molecular formula is C22H25N3O3. The molecule has 146 valence electrons. The summed E-state index contributed by atoms with van der Waals surface area (Å²) >= 11 is 0. The molecule has 0 bridgehead atoms. The Morgan fingerprint density at radius 1 is 1.18 bits per heavy atom. The van der Waals surface area contributed by atoms with Gasteiger partial charge in [0, 0.05) is 18.8 Å². The summed E-state index contributed by atoms with van der Waals surface area (Å²) in [5.41, 5.74) is 2.99. The zero-order valence-electron chi connectivity index (χ0n) is 16.5. The van der Waals surface area contributed by atoms with Crippen LogP contribution in [0.1, 0.15) is 24.5 Å². The van der Waals surface area contributed by atoms with Crippen molar-refractivity contribution < 1.29 is 14.3 Å². The first kappa shape index (κ1) is 19.7. The van der Waals surface area contributed by atoms with Crippen LogP contribution in [0.4, 0.5) is 5.69 Å². The molecule has 6 nitrogen and oxygen atoms in total. The third-order valence-electron chi connectivity index (χ3n) is 4.95. The molecule has 1 atom stereocenters. The van der Waals surface area contributed by atoms with Gasteiger partial charge in [0.15, 0.2) is 11.5 Å². The Bertz CT molecular complexity index is 874. The number of hydrogen-bond acceptors (Lipinski definition) is 5. The summed E-state index contributed by atoms with van der Waals surface area (Å²) in [7, 11) is 1.92. The summed E-state index contributed by atoms with van der Waals surface area (Å²) in [6.07, 6.45) is 0.290. The molecule has 0 N–H and O–H groups in total. The first-order valence-electron chi connectivity index (χ1n) is 9.33. The highest BCUT2D eigenvalue weighted by molar-refractivity contribution is 5.97. The van der Waals surface area contributed by atoms with E-state index in [0.717, 1.165) is 28.3 Å². The average Bonchev–Trinajstić information content (AvgIpc) is 3.16. The summed E-state index contributed by atoms with van der Waals surface area (Å²) in [5.74, 6) is 1.46. The summed E-state index contributed by atoms with van der Waals surface area (Å²) in [6.45, 7) is 5.12. The van der Waals surface area contributed by atoms with E-state index in [-0.39, 0.29) is 25.2 Å². The Morgan fingerprint density at radius 2 is 1.89 bits per heavy atom. The van der Waals surface area contributed by atoms with Gasteiger partial charge in [-0.25, -0.2) is 0 Å². The number of anilines is 1. The molecule has 0 spiro atoms. The van der Waals surface area contributed by atoms with E-state index in [9.17, 15) is 4.79 Å². The molecule has 1 heterocycles. The van der Waals surface area contributed by atoms with Crippen molar-refractivity contribution in [2.75, 3.05) is 25.3 Å².